The van der Waals surface area contributed by atoms with E-state index in [4.69, 9.17) is 0 Å². The Bertz CT molecular complexity index is 383. The van der Waals surface area contributed by atoms with Crippen molar-refractivity contribution in [3.05, 3.63) is 27.2 Å². The Labute approximate surface area is 82.7 Å². The van der Waals surface area contributed by atoms with Crippen LogP contribution in [0.4, 0.5) is 0 Å². The molecule has 0 unspecified atom stereocenters. The van der Waals surface area contributed by atoms with Gasteiger partial charge in [0.15, 0.2) is 0 Å². The fraction of sp³-hybridized carbons (Fsp3) is 0.600. The van der Waals surface area contributed by atoms with Crippen LogP contribution in [0.3, 0.4) is 0 Å². The maximum atomic E-state index is 11.5. The molecule has 0 bridgehead atoms. The largest absolute Gasteiger partial charge is 0.315 e. The van der Waals surface area contributed by atoms with Gasteiger partial charge < -0.3 is 5.32 Å². The molecule has 0 saturated carbocycles. The summed E-state index contributed by atoms with van der Waals surface area (Å²) in [5, 5.41) is 9.69. The first-order valence-electron chi connectivity index (χ1n) is 5.07. The second-order valence-electron chi connectivity index (χ2n) is 3.69. The zero-order valence-corrected chi connectivity index (χ0v) is 8.39. The molecule has 1 aliphatic carbocycles. The molecule has 0 fully saturated rings. The number of nitrogens with one attached hydrogen (secondary N) is 2. The molecule has 0 aliphatic heterocycles. The maximum absolute atomic E-state index is 11.5. The number of hydrogen-bond acceptors (Lipinski definition) is 3. The fourth-order valence-electron chi connectivity index (χ4n) is 2.02. The van der Waals surface area contributed by atoms with Crippen LogP contribution in [0.5, 0.6) is 0 Å². The van der Waals surface area contributed by atoms with Crippen molar-refractivity contribution in [3.8, 4) is 0 Å². The van der Waals surface area contributed by atoms with Crippen molar-refractivity contribution < 1.29 is 0 Å². The Kier molecular flexibility index (Phi) is 2.63. The summed E-state index contributed by atoms with van der Waals surface area (Å²) in [6.45, 7) is 0.639. The van der Waals surface area contributed by atoms with E-state index in [1.165, 1.54) is 18.4 Å². The van der Waals surface area contributed by atoms with E-state index in [0.29, 0.717) is 6.54 Å². The lowest BCUT2D eigenvalue weighted by molar-refractivity contribution is 0.633. The van der Waals surface area contributed by atoms with Gasteiger partial charge in [-0.1, -0.05) is 0 Å². The lowest BCUT2D eigenvalue weighted by Gasteiger charge is -2.16. The molecule has 0 radical (unpaired) electrons. The first kappa shape index (κ1) is 9.40. The van der Waals surface area contributed by atoms with Gasteiger partial charge in [0.2, 0.25) is 0 Å². The summed E-state index contributed by atoms with van der Waals surface area (Å²) in [5.41, 5.74) is 3.09. The first-order chi connectivity index (χ1) is 6.83. The standard InChI is InChI=1S/C10H15N3O/c1-11-6-8-7-4-2-3-5-9(7)12-13-10(8)14/h11H,2-6H2,1H3,(H,13,14). The Morgan fingerprint density at radius 2 is 2.21 bits per heavy atom. The van der Waals surface area contributed by atoms with Crippen molar-refractivity contribution in [2.45, 2.75) is 32.2 Å². The van der Waals surface area contributed by atoms with E-state index in [1.807, 2.05) is 7.05 Å². The lowest BCUT2D eigenvalue weighted by Crippen LogP contribution is -2.25. The average Bonchev–Trinajstić information content (AvgIpc) is 2.23. The number of aromatic nitrogens is 2. The van der Waals surface area contributed by atoms with Crippen molar-refractivity contribution in [1.82, 2.24) is 15.5 Å². The highest BCUT2D eigenvalue weighted by atomic mass is 16.1. The summed E-state index contributed by atoms with van der Waals surface area (Å²) in [5.74, 6) is 0. The molecular formula is C10H15N3O. The first-order valence-corrected chi connectivity index (χ1v) is 5.07. The van der Waals surface area contributed by atoms with Gasteiger partial charge in [0.25, 0.3) is 5.56 Å². The Morgan fingerprint density at radius 1 is 1.43 bits per heavy atom. The van der Waals surface area contributed by atoms with E-state index in [1.54, 1.807) is 0 Å². The van der Waals surface area contributed by atoms with Crippen LogP contribution in [0.1, 0.15) is 29.7 Å². The van der Waals surface area contributed by atoms with Gasteiger partial charge in [-0.15, -0.1) is 0 Å². The highest BCUT2D eigenvalue weighted by Crippen LogP contribution is 2.19. The third-order valence-electron chi connectivity index (χ3n) is 2.72. The van der Waals surface area contributed by atoms with E-state index in [2.05, 4.69) is 15.5 Å². The van der Waals surface area contributed by atoms with Crippen molar-refractivity contribution in [2.24, 2.45) is 0 Å². The van der Waals surface area contributed by atoms with Gasteiger partial charge in [-0.2, -0.15) is 5.10 Å². The Morgan fingerprint density at radius 3 is 3.00 bits per heavy atom. The van der Waals surface area contributed by atoms with Crippen molar-refractivity contribution in [2.75, 3.05) is 7.05 Å². The fourth-order valence-corrected chi connectivity index (χ4v) is 2.02. The summed E-state index contributed by atoms with van der Waals surface area (Å²) in [7, 11) is 1.86. The molecule has 0 atom stereocenters. The van der Waals surface area contributed by atoms with Gasteiger partial charge in [0, 0.05) is 12.1 Å². The Balaban J connectivity index is 2.49. The monoisotopic (exact) mass is 193 g/mol. The van der Waals surface area contributed by atoms with Crippen LogP contribution >= 0.6 is 0 Å². The zero-order chi connectivity index (χ0) is 9.97. The van der Waals surface area contributed by atoms with Crippen LogP contribution in [-0.4, -0.2) is 17.2 Å². The molecule has 1 aromatic heterocycles. The normalized spacial score (nSPS) is 15.2. The number of fused-ring (bicyclic) bond motifs is 1. The SMILES string of the molecule is CNCc1c2c(n[nH]c1=O)CCCC2. The molecule has 4 nitrogen and oxygen atoms in total. The Hall–Kier alpha value is -1.16. The van der Waals surface area contributed by atoms with Crippen LogP contribution in [0.15, 0.2) is 4.79 Å². The summed E-state index contributed by atoms with van der Waals surface area (Å²) in [4.78, 5) is 11.5. The van der Waals surface area contributed by atoms with E-state index in [0.717, 1.165) is 24.1 Å². The predicted molar refractivity (Wildman–Crippen MR) is 54.3 cm³/mol. The number of rotatable bonds is 2. The molecule has 2 rings (SSSR count). The molecule has 0 aromatic carbocycles. The number of hydrogen-bond donors (Lipinski definition) is 2. The van der Waals surface area contributed by atoms with Crippen molar-refractivity contribution in [1.29, 1.82) is 0 Å². The van der Waals surface area contributed by atoms with Gasteiger partial charge in [-0.25, -0.2) is 5.10 Å². The third-order valence-corrected chi connectivity index (χ3v) is 2.72. The summed E-state index contributed by atoms with van der Waals surface area (Å²) in [6.07, 6.45) is 4.37. The molecule has 0 spiro atoms. The molecule has 1 aliphatic rings. The van der Waals surface area contributed by atoms with Crippen LogP contribution < -0.4 is 10.9 Å². The summed E-state index contributed by atoms with van der Waals surface area (Å²) >= 11 is 0. The van der Waals surface area contributed by atoms with E-state index in [-0.39, 0.29) is 5.56 Å². The van der Waals surface area contributed by atoms with Crippen LogP contribution in [-0.2, 0) is 19.4 Å². The van der Waals surface area contributed by atoms with Gasteiger partial charge in [-0.3, -0.25) is 4.79 Å². The number of nitrogens with zero attached hydrogens (tertiary/aromatic N) is 1. The highest BCUT2D eigenvalue weighted by Gasteiger charge is 2.16. The van der Waals surface area contributed by atoms with Crippen molar-refractivity contribution in [3.63, 3.8) is 0 Å². The maximum Gasteiger partial charge on any atom is 0.268 e. The number of aromatic amines is 1. The van der Waals surface area contributed by atoms with E-state index < -0.39 is 0 Å². The van der Waals surface area contributed by atoms with Crippen LogP contribution in [0.2, 0.25) is 0 Å². The number of H-pyrrole nitrogens is 1. The van der Waals surface area contributed by atoms with Crippen LogP contribution in [0, 0.1) is 0 Å². The molecule has 14 heavy (non-hydrogen) atoms. The third kappa shape index (κ3) is 1.57. The highest BCUT2D eigenvalue weighted by molar-refractivity contribution is 5.29. The van der Waals surface area contributed by atoms with Gasteiger partial charge in [0.1, 0.15) is 0 Å². The van der Waals surface area contributed by atoms with E-state index in [9.17, 15) is 4.79 Å². The molecular weight excluding hydrogens is 178 g/mol. The van der Waals surface area contributed by atoms with Gasteiger partial charge >= 0.3 is 0 Å². The topological polar surface area (TPSA) is 57.8 Å². The minimum atomic E-state index is -0.0417. The molecule has 0 saturated heterocycles. The zero-order valence-electron chi connectivity index (χ0n) is 8.39. The quantitative estimate of drug-likeness (QED) is 0.713. The molecule has 0 amide bonds. The summed E-state index contributed by atoms with van der Waals surface area (Å²) < 4.78 is 0. The minimum absolute atomic E-state index is 0.0417. The second-order valence-corrected chi connectivity index (χ2v) is 3.69. The van der Waals surface area contributed by atoms with Crippen molar-refractivity contribution >= 4 is 0 Å². The minimum Gasteiger partial charge on any atom is -0.315 e. The van der Waals surface area contributed by atoms with Crippen LogP contribution in [0.25, 0.3) is 0 Å². The second kappa shape index (κ2) is 3.92. The molecule has 1 aromatic rings. The predicted octanol–water partition coefficient (Wildman–Crippen LogP) is 0.368. The lowest BCUT2D eigenvalue weighted by atomic mass is 9.93. The molecule has 1 heterocycles. The molecule has 4 heteroatoms. The van der Waals surface area contributed by atoms with Gasteiger partial charge in [0.05, 0.1) is 5.69 Å². The summed E-state index contributed by atoms with van der Waals surface area (Å²) in [6, 6.07) is 0. The number of aryl methyl sites for hydroxylation is 1. The molecule has 76 valence electrons. The van der Waals surface area contributed by atoms with E-state index >= 15 is 0 Å². The molecule has 2 N–H and O–H groups in total. The average molecular weight is 193 g/mol. The smallest absolute Gasteiger partial charge is 0.268 e. The van der Waals surface area contributed by atoms with Gasteiger partial charge in [-0.05, 0) is 38.3 Å².